The maximum Gasteiger partial charge on any atom is 0.268 e. The summed E-state index contributed by atoms with van der Waals surface area (Å²) in [6, 6.07) is 15.2. The van der Waals surface area contributed by atoms with Crippen LogP contribution in [0.4, 0.5) is 0 Å². The molecule has 0 unspecified atom stereocenters. The average molecular weight is 335 g/mol. The van der Waals surface area contributed by atoms with Crippen molar-refractivity contribution < 1.29 is 9.53 Å². The SMILES string of the molecule is CCOc1ccccc1CNC(=O)c1cccn1-c1cccnc1C. The number of carbonyl (C=O) groups is 1. The van der Waals surface area contributed by atoms with Gasteiger partial charge in [0, 0.05) is 24.5 Å². The van der Waals surface area contributed by atoms with Crippen LogP contribution in [-0.2, 0) is 6.54 Å². The largest absolute Gasteiger partial charge is 0.494 e. The standard InChI is InChI=1S/C20H21N3O2/c1-3-25-19-11-5-4-8-16(19)14-22-20(24)18-10-7-13-23(18)17-9-6-12-21-15(17)2/h4-13H,3,14H2,1-2H3,(H,22,24). The van der Waals surface area contributed by atoms with E-state index in [1.165, 1.54) is 0 Å². The Labute approximate surface area is 147 Å². The number of pyridine rings is 1. The Balaban J connectivity index is 1.78. The number of rotatable bonds is 6. The van der Waals surface area contributed by atoms with Crippen LogP contribution in [0.2, 0.25) is 0 Å². The van der Waals surface area contributed by atoms with Gasteiger partial charge >= 0.3 is 0 Å². The lowest BCUT2D eigenvalue weighted by Gasteiger charge is -2.13. The normalized spacial score (nSPS) is 10.5. The van der Waals surface area contributed by atoms with Crippen LogP contribution < -0.4 is 10.1 Å². The second-order valence-corrected chi connectivity index (χ2v) is 5.59. The van der Waals surface area contributed by atoms with E-state index in [1.54, 1.807) is 12.3 Å². The molecular weight excluding hydrogens is 314 g/mol. The maximum atomic E-state index is 12.7. The highest BCUT2D eigenvalue weighted by Gasteiger charge is 2.14. The third-order valence-electron chi connectivity index (χ3n) is 3.93. The first-order valence-corrected chi connectivity index (χ1v) is 8.29. The number of aromatic nitrogens is 2. The van der Waals surface area contributed by atoms with Gasteiger partial charge in [-0.25, -0.2) is 0 Å². The first kappa shape index (κ1) is 16.8. The summed E-state index contributed by atoms with van der Waals surface area (Å²) in [5, 5.41) is 2.97. The monoisotopic (exact) mass is 335 g/mol. The maximum absolute atomic E-state index is 12.7. The number of para-hydroxylation sites is 1. The van der Waals surface area contributed by atoms with Crippen molar-refractivity contribution in [3.63, 3.8) is 0 Å². The highest BCUT2D eigenvalue weighted by molar-refractivity contribution is 5.93. The molecule has 1 aromatic carbocycles. The van der Waals surface area contributed by atoms with Gasteiger partial charge in [-0.2, -0.15) is 0 Å². The Morgan fingerprint density at radius 3 is 2.80 bits per heavy atom. The molecule has 5 nitrogen and oxygen atoms in total. The third kappa shape index (κ3) is 3.71. The van der Waals surface area contributed by atoms with Gasteiger partial charge in [0.2, 0.25) is 0 Å². The summed E-state index contributed by atoms with van der Waals surface area (Å²) in [5.41, 5.74) is 3.29. The van der Waals surface area contributed by atoms with Crippen LogP contribution in [0.25, 0.3) is 5.69 Å². The fourth-order valence-electron chi connectivity index (χ4n) is 2.72. The Morgan fingerprint density at radius 2 is 2.00 bits per heavy atom. The molecule has 0 radical (unpaired) electrons. The summed E-state index contributed by atoms with van der Waals surface area (Å²) in [6.45, 7) is 4.87. The van der Waals surface area contributed by atoms with E-state index in [0.717, 1.165) is 22.7 Å². The number of carbonyl (C=O) groups excluding carboxylic acids is 1. The molecule has 0 aliphatic rings. The van der Waals surface area contributed by atoms with Crippen molar-refractivity contribution in [3.05, 3.63) is 77.9 Å². The molecule has 0 atom stereocenters. The third-order valence-corrected chi connectivity index (χ3v) is 3.93. The van der Waals surface area contributed by atoms with Crippen LogP contribution in [-0.4, -0.2) is 22.1 Å². The minimum atomic E-state index is -0.139. The molecule has 5 heteroatoms. The summed E-state index contributed by atoms with van der Waals surface area (Å²) >= 11 is 0. The Hall–Kier alpha value is -3.08. The number of benzene rings is 1. The van der Waals surface area contributed by atoms with Gasteiger partial charge in [0.25, 0.3) is 5.91 Å². The van der Waals surface area contributed by atoms with Crippen LogP contribution in [0, 0.1) is 6.92 Å². The van der Waals surface area contributed by atoms with E-state index in [2.05, 4.69) is 10.3 Å². The lowest BCUT2D eigenvalue weighted by molar-refractivity contribution is 0.0944. The zero-order valence-corrected chi connectivity index (χ0v) is 14.4. The molecule has 2 aromatic heterocycles. The molecular formula is C20H21N3O2. The van der Waals surface area contributed by atoms with E-state index in [4.69, 9.17) is 4.74 Å². The molecule has 0 aliphatic carbocycles. The van der Waals surface area contributed by atoms with Gasteiger partial charge < -0.3 is 14.6 Å². The van der Waals surface area contributed by atoms with Crippen LogP contribution in [0.5, 0.6) is 5.75 Å². The number of nitrogens with zero attached hydrogens (tertiary/aromatic N) is 2. The summed E-state index contributed by atoms with van der Waals surface area (Å²) in [6.07, 6.45) is 3.61. The fourth-order valence-corrected chi connectivity index (χ4v) is 2.72. The van der Waals surface area contributed by atoms with Gasteiger partial charge in [0.15, 0.2) is 0 Å². The number of ether oxygens (including phenoxy) is 1. The molecule has 25 heavy (non-hydrogen) atoms. The predicted molar refractivity (Wildman–Crippen MR) is 97.1 cm³/mol. The predicted octanol–water partition coefficient (Wildman–Crippen LogP) is 3.51. The van der Waals surface area contributed by atoms with Crippen molar-refractivity contribution in [1.29, 1.82) is 0 Å². The first-order chi connectivity index (χ1) is 12.2. The molecule has 3 rings (SSSR count). The molecule has 1 N–H and O–H groups in total. The van der Waals surface area contributed by atoms with Crippen molar-refractivity contribution >= 4 is 5.91 Å². The van der Waals surface area contributed by atoms with E-state index in [0.29, 0.717) is 18.8 Å². The zero-order valence-electron chi connectivity index (χ0n) is 14.4. The second-order valence-electron chi connectivity index (χ2n) is 5.59. The Morgan fingerprint density at radius 1 is 1.16 bits per heavy atom. The summed E-state index contributed by atoms with van der Waals surface area (Å²) in [4.78, 5) is 17.0. The van der Waals surface area contributed by atoms with Crippen LogP contribution in [0.1, 0.15) is 28.7 Å². The van der Waals surface area contributed by atoms with Crippen LogP contribution in [0.15, 0.2) is 60.9 Å². The lowest BCUT2D eigenvalue weighted by Crippen LogP contribution is -2.25. The minimum absolute atomic E-state index is 0.139. The smallest absolute Gasteiger partial charge is 0.268 e. The first-order valence-electron chi connectivity index (χ1n) is 8.29. The summed E-state index contributed by atoms with van der Waals surface area (Å²) < 4.78 is 7.46. The molecule has 0 spiro atoms. The molecule has 0 bridgehead atoms. The quantitative estimate of drug-likeness (QED) is 0.750. The molecule has 0 fully saturated rings. The van der Waals surface area contributed by atoms with Crippen molar-refractivity contribution in [2.45, 2.75) is 20.4 Å². The molecule has 0 aliphatic heterocycles. The number of hydrogen-bond donors (Lipinski definition) is 1. The van der Waals surface area contributed by atoms with E-state index in [1.807, 2.05) is 67.1 Å². The van der Waals surface area contributed by atoms with Gasteiger partial charge in [-0.15, -0.1) is 0 Å². The average Bonchev–Trinajstić information content (AvgIpc) is 3.11. The molecule has 0 saturated heterocycles. The van der Waals surface area contributed by atoms with Crippen molar-refractivity contribution in [3.8, 4) is 11.4 Å². The van der Waals surface area contributed by atoms with Gasteiger partial charge in [-0.1, -0.05) is 18.2 Å². The van der Waals surface area contributed by atoms with E-state index < -0.39 is 0 Å². The van der Waals surface area contributed by atoms with Crippen LogP contribution in [0.3, 0.4) is 0 Å². The lowest BCUT2D eigenvalue weighted by atomic mass is 10.2. The second kappa shape index (κ2) is 7.66. The van der Waals surface area contributed by atoms with Crippen molar-refractivity contribution in [2.24, 2.45) is 0 Å². The van der Waals surface area contributed by atoms with Gasteiger partial charge in [0.1, 0.15) is 11.4 Å². The number of amides is 1. The van der Waals surface area contributed by atoms with Gasteiger partial charge in [0.05, 0.1) is 18.0 Å². The Kier molecular flexibility index (Phi) is 5.14. The summed E-state index contributed by atoms with van der Waals surface area (Å²) in [5.74, 6) is 0.656. The van der Waals surface area contributed by atoms with E-state index in [-0.39, 0.29) is 5.91 Å². The Bertz CT molecular complexity index is 871. The molecule has 2 heterocycles. The van der Waals surface area contributed by atoms with Crippen molar-refractivity contribution in [1.82, 2.24) is 14.9 Å². The molecule has 3 aromatic rings. The van der Waals surface area contributed by atoms with E-state index in [9.17, 15) is 4.79 Å². The minimum Gasteiger partial charge on any atom is -0.494 e. The fraction of sp³-hybridized carbons (Fsp3) is 0.200. The van der Waals surface area contributed by atoms with Crippen molar-refractivity contribution in [2.75, 3.05) is 6.61 Å². The number of hydrogen-bond acceptors (Lipinski definition) is 3. The van der Waals surface area contributed by atoms with E-state index >= 15 is 0 Å². The molecule has 0 saturated carbocycles. The highest BCUT2D eigenvalue weighted by Crippen LogP contribution is 2.19. The zero-order chi connectivity index (χ0) is 17.6. The molecule has 128 valence electrons. The number of nitrogens with one attached hydrogen (secondary N) is 1. The topological polar surface area (TPSA) is 56.1 Å². The highest BCUT2D eigenvalue weighted by atomic mass is 16.5. The van der Waals surface area contributed by atoms with Crippen LogP contribution >= 0.6 is 0 Å². The van der Waals surface area contributed by atoms with Gasteiger partial charge in [-0.3, -0.25) is 9.78 Å². The summed E-state index contributed by atoms with van der Waals surface area (Å²) in [7, 11) is 0. The van der Waals surface area contributed by atoms with Gasteiger partial charge in [-0.05, 0) is 44.2 Å². The number of aryl methyl sites for hydroxylation is 1. The molecule has 1 amide bonds.